The van der Waals surface area contributed by atoms with Crippen LogP contribution in [0, 0.1) is 17.6 Å². The van der Waals surface area contributed by atoms with Gasteiger partial charge in [-0.05, 0) is 44.2 Å². The number of nitrogens with one attached hydrogen (secondary N) is 2. The molecule has 0 aromatic heterocycles. The van der Waals surface area contributed by atoms with E-state index in [0.717, 1.165) is 44.7 Å². The summed E-state index contributed by atoms with van der Waals surface area (Å²) in [6, 6.07) is 3.80. The third-order valence-electron chi connectivity index (χ3n) is 5.81. The van der Waals surface area contributed by atoms with Gasteiger partial charge in [-0.1, -0.05) is 25.3 Å². The molecule has 1 atom stereocenters. The maximum Gasteiger partial charge on any atom is 0.225 e. The zero-order chi connectivity index (χ0) is 20.6. The van der Waals surface area contributed by atoms with E-state index >= 15 is 0 Å². The van der Waals surface area contributed by atoms with E-state index < -0.39 is 11.6 Å². The van der Waals surface area contributed by atoms with E-state index in [0.29, 0.717) is 43.5 Å². The molecular weight excluding hydrogens is 374 g/mol. The second-order valence-electron chi connectivity index (χ2n) is 8.00. The first-order valence-corrected chi connectivity index (χ1v) is 10.8. The SMILES string of the molecule is CCNC(=NCCc1ccc(F)cc1F)NC1CCN(C(=O)C2CCCCC2)C1. The Morgan fingerprint density at radius 3 is 2.72 bits per heavy atom. The molecule has 1 aromatic carbocycles. The Balaban J connectivity index is 1.50. The van der Waals surface area contributed by atoms with Crippen LogP contribution in [-0.4, -0.2) is 49.0 Å². The lowest BCUT2D eigenvalue weighted by Crippen LogP contribution is -2.45. The molecule has 0 bridgehead atoms. The van der Waals surface area contributed by atoms with E-state index in [9.17, 15) is 13.6 Å². The van der Waals surface area contributed by atoms with Gasteiger partial charge >= 0.3 is 0 Å². The average molecular weight is 407 g/mol. The molecule has 29 heavy (non-hydrogen) atoms. The number of hydrogen-bond donors (Lipinski definition) is 2. The van der Waals surface area contributed by atoms with E-state index in [2.05, 4.69) is 15.6 Å². The molecule has 5 nitrogen and oxygen atoms in total. The van der Waals surface area contributed by atoms with Gasteiger partial charge in [0, 0.05) is 44.2 Å². The van der Waals surface area contributed by atoms with Crippen molar-refractivity contribution < 1.29 is 13.6 Å². The number of aliphatic imine (C=N–C) groups is 1. The number of halogens is 2. The van der Waals surface area contributed by atoms with Crippen LogP contribution >= 0.6 is 0 Å². The molecule has 2 N–H and O–H groups in total. The van der Waals surface area contributed by atoms with Crippen LogP contribution in [0.4, 0.5) is 8.78 Å². The summed E-state index contributed by atoms with van der Waals surface area (Å²) in [6.07, 6.45) is 6.93. The number of carbonyl (C=O) groups excluding carboxylic acids is 1. The number of nitrogens with zero attached hydrogens (tertiary/aromatic N) is 2. The number of rotatable bonds is 6. The fourth-order valence-electron chi connectivity index (χ4n) is 4.21. The fraction of sp³-hybridized carbons (Fsp3) is 0.636. The summed E-state index contributed by atoms with van der Waals surface area (Å²) in [5, 5.41) is 6.61. The number of likely N-dealkylation sites (tertiary alicyclic amines) is 1. The molecule has 1 saturated carbocycles. The van der Waals surface area contributed by atoms with Gasteiger partial charge in [0.05, 0.1) is 0 Å². The molecule has 1 heterocycles. The number of guanidine groups is 1. The molecule has 3 rings (SSSR count). The summed E-state index contributed by atoms with van der Waals surface area (Å²) in [5.74, 6) is 0.0776. The lowest BCUT2D eigenvalue weighted by atomic mass is 9.88. The molecule has 1 aromatic rings. The number of hydrogen-bond acceptors (Lipinski definition) is 2. The minimum atomic E-state index is -0.571. The lowest BCUT2D eigenvalue weighted by molar-refractivity contribution is -0.135. The van der Waals surface area contributed by atoms with Crippen molar-refractivity contribution in [2.75, 3.05) is 26.2 Å². The minimum Gasteiger partial charge on any atom is -0.357 e. The van der Waals surface area contributed by atoms with Gasteiger partial charge in [-0.25, -0.2) is 8.78 Å². The van der Waals surface area contributed by atoms with Crippen molar-refractivity contribution in [3.05, 3.63) is 35.4 Å². The molecule has 2 aliphatic rings. The number of benzene rings is 1. The van der Waals surface area contributed by atoms with Crippen molar-refractivity contribution in [1.29, 1.82) is 0 Å². The Hall–Kier alpha value is -2.18. The quantitative estimate of drug-likeness (QED) is 0.563. The van der Waals surface area contributed by atoms with Crippen LogP contribution in [-0.2, 0) is 11.2 Å². The molecule has 7 heteroatoms. The standard InChI is InChI=1S/C22H32F2N4O/c1-2-25-22(26-12-10-16-8-9-18(23)14-20(16)24)27-19-11-13-28(15-19)21(29)17-6-4-3-5-7-17/h8-9,14,17,19H,2-7,10-13,15H2,1H3,(H2,25,26,27). The summed E-state index contributed by atoms with van der Waals surface area (Å²) < 4.78 is 26.8. The van der Waals surface area contributed by atoms with Crippen molar-refractivity contribution in [2.45, 2.75) is 57.9 Å². The zero-order valence-corrected chi connectivity index (χ0v) is 17.2. The molecule has 2 fully saturated rings. The van der Waals surface area contributed by atoms with Crippen molar-refractivity contribution in [1.82, 2.24) is 15.5 Å². The van der Waals surface area contributed by atoms with Crippen LogP contribution in [0.3, 0.4) is 0 Å². The molecule has 1 saturated heterocycles. The predicted octanol–water partition coefficient (Wildman–Crippen LogP) is 3.24. The minimum absolute atomic E-state index is 0.169. The summed E-state index contributed by atoms with van der Waals surface area (Å²) in [4.78, 5) is 19.2. The van der Waals surface area contributed by atoms with Gasteiger partial charge < -0.3 is 15.5 Å². The van der Waals surface area contributed by atoms with Gasteiger partial charge in [0.1, 0.15) is 11.6 Å². The highest BCUT2D eigenvalue weighted by molar-refractivity contribution is 5.81. The topological polar surface area (TPSA) is 56.7 Å². The van der Waals surface area contributed by atoms with E-state index in [4.69, 9.17) is 0 Å². The first kappa shape index (κ1) is 21.5. The molecule has 160 valence electrons. The highest BCUT2D eigenvalue weighted by Crippen LogP contribution is 2.26. The first-order chi connectivity index (χ1) is 14.1. The Morgan fingerprint density at radius 1 is 1.21 bits per heavy atom. The third-order valence-corrected chi connectivity index (χ3v) is 5.81. The first-order valence-electron chi connectivity index (χ1n) is 10.8. The Bertz CT molecular complexity index is 719. The fourth-order valence-corrected chi connectivity index (χ4v) is 4.21. The highest BCUT2D eigenvalue weighted by atomic mass is 19.1. The Morgan fingerprint density at radius 2 is 2.00 bits per heavy atom. The molecule has 1 aliphatic heterocycles. The number of amides is 1. The van der Waals surface area contributed by atoms with Crippen LogP contribution < -0.4 is 10.6 Å². The molecular formula is C22H32F2N4O. The van der Waals surface area contributed by atoms with Crippen LogP contribution in [0.5, 0.6) is 0 Å². The van der Waals surface area contributed by atoms with Gasteiger partial charge in [0.25, 0.3) is 0 Å². The monoisotopic (exact) mass is 406 g/mol. The predicted molar refractivity (Wildman–Crippen MR) is 111 cm³/mol. The van der Waals surface area contributed by atoms with Gasteiger partial charge in [-0.15, -0.1) is 0 Å². The van der Waals surface area contributed by atoms with Crippen LogP contribution in [0.25, 0.3) is 0 Å². The lowest BCUT2D eigenvalue weighted by Gasteiger charge is -2.26. The summed E-state index contributed by atoms with van der Waals surface area (Å²) in [5.41, 5.74) is 0.455. The molecule has 1 unspecified atom stereocenters. The normalized spacial score (nSPS) is 20.7. The molecule has 0 radical (unpaired) electrons. The smallest absolute Gasteiger partial charge is 0.225 e. The summed E-state index contributed by atoms with van der Waals surface area (Å²) >= 11 is 0. The highest BCUT2D eigenvalue weighted by Gasteiger charge is 2.31. The summed E-state index contributed by atoms with van der Waals surface area (Å²) in [7, 11) is 0. The number of carbonyl (C=O) groups is 1. The maximum absolute atomic E-state index is 13.8. The second kappa shape index (κ2) is 10.6. The van der Waals surface area contributed by atoms with Gasteiger partial charge in [-0.2, -0.15) is 0 Å². The van der Waals surface area contributed by atoms with Crippen LogP contribution in [0.15, 0.2) is 23.2 Å². The molecule has 1 amide bonds. The van der Waals surface area contributed by atoms with Crippen molar-refractivity contribution >= 4 is 11.9 Å². The largest absolute Gasteiger partial charge is 0.357 e. The van der Waals surface area contributed by atoms with Crippen molar-refractivity contribution in [3.63, 3.8) is 0 Å². The van der Waals surface area contributed by atoms with Gasteiger partial charge in [-0.3, -0.25) is 9.79 Å². The van der Waals surface area contributed by atoms with E-state index in [1.54, 1.807) is 0 Å². The van der Waals surface area contributed by atoms with Gasteiger partial charge in [0.2, 0.25) is 5.91 Å². The van der Waals surface area contributed by atoms with E-state index in [1.807, 2.05) is 11.8 Å². The Labute approximate surface area is 172 Å². The maximum atomic E-state index is 13.8. The molecule has 0 spiro atoms. The Kier molecular flexibility index (Phi) is 7.83. The van der Waals surface area contributed by atoms with Crippen LogP contribution in [0.2, 0.25) is 0 Å². The summed E-state index contributed by atoms with van der Waals surface area (Å²) in [6.45, 7) is 4.59. The van der Waals surface area contributed by atoms with Crippen molar-refractivity contribution in [2.24, 2.45) is 10.9 Å². The second-order valence-corrected chi connectivity index (χ2v) is 8.00. The van der Waals surface area contributed by atoms with E-state index in [-0.39, 0.29) is 12.0 Å². The zero-order valence-electron chi connectivity index (χ0n) is 17.2. The van der Waals surface area contributed by atoms with E-state index in [1.165, 1.54) is 18.6 Å². The van der Waals surface area contributed by atoms with Crippen LogP contribution in [0.1, 0.15) is 51.0 Å². The molecule has 1 aliphatic carbocycles. The average Bonchev–Trinajstić information content (AvgIpc) is 3.18. The third kappa shape index (κ3) is 6.15. The van der Waals surface area contributed by atoms with Gasteiger partial charge in [0.15, 0.2) is 5.96 Å². The van der Waals surface area contributed by atoms with Crippen molar-refractivity contribution in [3.8, 4) is 0 Å².